The van der Waals surface area contributed by atoms with Gasteiger partial charge in [0, 0.05) is 28.4 Å². The van der Waals surface area contributed by atoms with Crippen molar-refractivity contribution >= 4 is 0 Å². The zero-order valence-corrected chi connectivity index (χ0v) is 13.0. The summed E-state index contributed by atoms with van der Waals surface area (Å²) >= 11 is 0. The molecule has 1 aromatic carbocycles. The van der Waals surface area contributed by atoms with Gasteiger partial charge in [-0.05, 0) is 24.1 Å². The summed E-state index contributed by atoms with van der Waals surface area (Å²) in [5.41, 5.74) is 4.80. The van der Waals surface area contributed by atoms with Crippen molar-refractivity contribution in [3.8, 4) is 16.9 Å². The predicted octanol–water partition coefficient (Wildman–Crippen LogP) is 4.62. The van der Waals surface area contributed by atoms with Crippen LogP contribution in [0.25, 0.3) is 11.1 Å². The van der Waals surface area contributed by atoms with Crippen LogP contribution in [0.15, 0.2) is 36.5 Å². The first-order valence-electron chi connectivity index (χ1n) is 7.10. The van der Waals surface area contributed by atoms with Crippen LogP contribution in [0, 0.1) is 0 Å². The lowest BCUT2D eigenvalue weighted by atomic mass is 9.88. The molecule has 0 aliphatic rings. The minimum Gasteiger partial charge on any atom is -0.496 e. The van der Waals surface area contributed by atoms with Crippen LogP contribution in [0.5, 0.6) is 5.75 Å². The van der Waals surface area contributed by atoms with Crippen LogP contribution in [0.4, 0.5) is 0 Å². The number of nitrogens with zero attached hydrogens (tertiary/aromatic N) is 1. The van der Waals surface area contributed by atoms with Gasteiger partial charge in [0.25, 0.3) is 0 Å². The van der Waals surface area contributed by atoms with Gasteiger partial charge in [-0.25, -0.2) is 0 Å². The zero-order chi connectivity index (χ0) is 14.8. The second-order valence-electron chi connectivity index (χ2n) is 6.03. The van der Waals surface area contributed by atoms with E-state index in [9.17, 15) is 0 Å². The van der Waals surface area contributed by atoms with E-state index < -0.39 is 0 Å². The molecule has 0 fully saturated rings. The minimum absolute atomic E-state index is 0.0726. The molecule has 106 valence electrons. The predicted molar refractivity (Wildman–Crippen MR) is 84.3 cm³/mol. The monoisotopic (exact) mass is 269 g/mol. The number of aromatic nitrogens is 1. The lowest BCUT2D eigenvalue weighted by Gasteiger charge is -2.20. The fourth-order valence-electron chi connectivity index (χ4n) is 2.31. The van der Waals surface area contributed by atoms with Gasteiger partial charge in [-0.1, -0.05) is 45.9 Å². The lowest BCUT2D eigenvalue weighted by Crippen LogP contribution is -2.14. The summed E-state index contributed by atoms with van der Waals surface area (Å²) in [5, 5.41) is 0. The van der Waals surface area contributed by atoms with E-state index in [2.05, 4.69) is 44.8 Å². The Morgan fingerprint density at radius 2 is 1.80 bits per heavy atom. The highest BCUT2D eigenvalue weighted by molar-refractivity contribution is 5.72. The van der Waals surface area contributed by atoms with E-state index >= 15 is 0 Å². The summed E-state index contributed by atoms with van der Waals surface area (Å²) in [4.78, 5) is 4.65. The Hall–Kier alpha value is -1.83. The Bertz CT molecular complexity index is 597. The van der Waals surface area contributed by atoms with Crippen LogP contribution >= 0.6 is 0 Å². The van der Waals surface area contributed by atoms with E-state index in [1.807, 2.05) is 24.4 Å². The molecule has 0 aliphatic heterocycles. The van der Waals surface area contributed by atoms with Crippen molar-refractivity contribution in [3.63, 3.8) is 0 Å². The van der Waals surface area contributed by atoms with Crippen molar-refractivity contribution in [1.29, 1.82) is 0 Å². The summed E-state index contributed by atoms with van der Waals surface area (Å²) in [7, 11) is 1.71. The van der Waals surface area contributed by atoms with Gasteiger partial charge in [-0.2, -0.15) is 0 Å². The van der Waals surface area contributed by atoms with Gasteiger partial charge in [0.15, 0.2) is 0 Å². The molecular formula is C18H23NO. The van der Waals surface area contributed by atoms with E-state index in [0.717, 1.165) is 29.0 Å². The van der Waals surface area contributed by atoms with Crippen molar-refractivity contribution < 1.29 is 4.74 Å². The van der Waals surface area contributed by atoms with Gasteiger partial charge in [0.05, 0.1) is 7.11 Å². The smallest absolute Gasteiger partial charge is 0.126 e. The Balaban J connectivity index is 2.58. The number of aryl methyl sites for hydroxylation is 1. The summed E-state index contributed by atoms with van der Waals surface area (Å²) in [6.45, 7) is 8.76. The summed E-state index contributed by atoms with van der Waals surface area (Å²) in [6, 6.07) is 10.3. The van der Waals surface area contributed by atoms with Gasteiger partial charge in [-0.3, -0.25) is 4.98 Å². The molecule has 0 saturated carbocycles. The van der Waals surface area contributed by atoms with Crippen molar-refractivity contribution in [2.45, 2.75) is 39.5 Å². The molecule has 2 rings (SSSR count). The number of para-hydroxylation sites is 1. The van der Waals surface area contributed by atoms with Crippen LogP contribution in [0.1, 0.15) is 39.0 Å². The highest BCUT2D eigenvalue weighted by atomic mass is 16.5. The number of benzene rings is 1. The fraction of sp³-hybridized carbons (Fsp3) is 0.389. The van der Waals surface area contributed by atoms with Crippen molar-refractivity contribution in [2.75, 3.05) is 7.11 Å². The highest BCUT2D eigenvalue weighted by Gasteiger charge is 2.18. The van der Waals surface area contributed by atoms with E-state index in [-0.39, 0.29) is 5.41 Å². The van der Waals surface area contributed by atoms with Gasteiger partial charge < -0.3 is 4.74 Å². The van der Waals surface area contributed by atoms with E-state index in [1.54, 1.807) is 7.11 Å². The molecule has 0 bridgehead atoms. The average molecular weight is 269 g/mol. The van der Waals surface area contributed by atoms with E-state index in [1.165, 1.54) is 5.56 Å². The first kappa shape index (κ1) is 14.6. The molecule has 2 nitrogen and oxygen atoms in total. The topological polar surface area (TPSA) is 22.1 Å². The summed E-state index contributed by atoms with van der Waals surface area (Å²) < 4.78 is 5.47. The number of hydrogen-bond donors (Lipinski definition) is 0. The minimum atomic E-state index is 0.0726. The molecule has 20 heavy (non-hydrogen) atoms. The van der Waals surface area contributed by atoms with E-state index in [0.29, 0.717) is 0 Å². The first-order chi connectivity index (χ1) is 9.47. The molecule has 2 aromatic rings. The van der Waals surface area contributed by atoms with Gasteiger partial charge in [-0.15, -0.1) is 0 Å². The van der Waals surface area contributed by atoms with Crippen molar-refractivity contribution in [2.24, 2.45) is 0 Å². The molecule has 0 saturated heterocycles. The van der Waals surface area contributed by atoms with Gasteiger partial charge in [0.1, 0.15) is 5.75 Å². The Morgan fingerprint density at radius 1 is 1.10 bits per heavy atom. The standard InChI is InChI=1S/C18H23NO/c1-6-13-11-17(18(2,3)4)19-12-15(13)14-9-7-8-10-16(14)20-5/h7-12H,6H2,1-5H3. The maximum atomic E-state index is 5.47. The molecule has 0 amide bonds. The van der Waals surface area contributed by atoms with Gasteiger partial charge in [0.2, 0.25) is 0 Å². The van der Waals surface area contributed by atoms with E-state index in [4.69, 9.17) is 4.74 Å². The molecular weight excluding hydrogens is 246 g/mol. The Labute approximate surface area is 121 Å². The summed E-state index contributed by atoms with van der Waals surface area (Å²) in [5.74, 6) is 0.896. The maximum absolute atomic E-state index is 5.47. The average Bonchev–Trinajstić information content (AvgIpc) is 2.45. The molecule has 0 N–H and O–H groups in total. The SMILES string of the molecule is CCc1cc(C(C)(C)C)ncc1-c1ccccc1OC. The Kier molecular flexibility index (Phi) is 4.12. The highest BCUT2D eigenvalue weighted by Crippen LogP contribution is 2.33. The molecule has 1 heterocycles. The van der Waals surface area contributed by atoms with Crippen LogP contribution in [0.2, 0.25) is 0 Å². The number of methoxy groups -OCH3 is 1. The van der Waals surface area contributed by atoms with Crippen LogP contribution in [-0.2, 0) is 11.8 Å². The number of ether oxygens (including phenoxy) is 1. The fourth-order valence-corrected chi connectivity index (χ4v) is 2.31. The van der Waals surface area contributed by atoms with Crippen LogP contribution in [-0.4, -0.2) is 12.1 Å². The van der Waals surface area contributed by atoms with Crippen LogP contribution < -0.4 is 4.74 Å². The summed E-state index contributed by atoms with van der Waals surface area (Å²) in [6.07, 6.45) is 2.97. The van der Waals surface area contributed by atoms with Crippen molar-refractivity contribution in [1.82, 2.24) is 4.98 Å². The quantitative estimate of drug-likeness (QED) is 0.811. The third-order valence-electron chi connectivity index (χ3n) is 3.54. The van der Waals surface area contributed by atoms with Gasteiger partial charge >= 0.3 is 0 Å². The molecule has 1 aromatic heterocycles. The number of pyridine rings is 1. The molecule has 0 aliphatic carbocycles. The molecule has 2 heteroatoms. The second-order valence-corrected chi connectivity index (χ2v) is 6.03. The second kappa shape index (κ2) is 5.66. The van der Waals surface area contributed by atoms with Crippen molar-refractivity contribution in [3.05, 3.63) is 47.8 Å². The molecule has 0 unspecified atom stereocenters. The molecule has 0 atom stereocenters. The Morgan fingerprint density at radius 3 is 2.40 bits per heavy atom. The lowest BCUT2D eigenvalue weighted by molar-refractivity contribution is 0.416. The third kappa shape index (κ3) is 2.84. The number of hydrogen-bond acceptors (Lipinski definition) is 2. The van der Waals surface area contributed by atoms with Crippen LogP contribution in [0.3, 0.4) is 0 Å². The maximum Gasteiger partial charge on any atom is 0.126 e. The normalized spacial score (nSPS) is 11.4. The zero-order valence-electron chi connectivity index (χ0n) is 13.0. The first-order valence-corrected chi connectivity index (χ1v) is 7.10. The third-order valence-corrected chi connectivity index (χ3v) is 3.54. The largest absolute Gasteiger partial charge is 0.496 e. The number of rotatable bonds is 3. The molecule has 0 spiro atoms. The molecule has 0 radical (unpaired) electrons.